The van der Waals surface area contributed by atoms with Crippen molar-refractivity contribution < 1.29 is 13.2 Å². The van der Waals surface area contributed by atoms with Crippen LogP contribution in [0.25, 0.3) is 0 Å². The number of hydrogen-bond acceptors (Lipinski definition) is 5. The van der Waals surface area contributed by atoms with Crippen molar-refractivity contribution in [1.82, 2.24) is 19.7 Å². The lowest BCUT2D eigenvalue weighted by Gasteiger charge is -2.41. The highest BCUT2D eigenvalue weighted by atomic mass is 32.2. The fourth-order valence-corrected chi connectivity index (χ4v) is 5.47. The molecule has 1 N–H and O–H groups in total. The van der Waals surface area contributed by atoms with Crippen LogP contribution in [0.1, 0.15) is 63.4 Å². The van der Waals surface area contributed by atoms with Crippen LogP contribution in [0.2, 0.25) is 0 Å². The van der Waals surface area contributed by atoms with Gasteiger partial charge < -0.3 is 0 Å². The summed E-state index contributed by atoms with van der Waals surface area (Å²) in [7, 11) is -3.66. The molecule has 8 heteroatoms. The van der Waals surface area contributed by atoms with Crippen molar-refractivity contribution in [2.45, 2.75) is 63.7 Å². The first-order chi connectivity index (χ1) is 10.7. The van der Waals surface area contributed by atoms with Gasteiger partial charge in [0.2, 0.25) is 10.0 Å². The summed E-state index contributed by atoms with van der Waals surface area (Å²) in [6.07, 6.45) is 6.28. The minimum absolute atomic E-state index is 0.0319. The van der Waals surface area contributed by atoms with E-state index in [1.165, 1.54) is 6.20 Å². The van der Waals surface area contributed by atoms with Crippen LogP contribution in [0.4, 0.5) is 0 Å². The summed E-state index contributed by atoms with van der Waals surface area (Å²) in [6.45, 7) is 5.79. The zero-order valence-electron chi connectivity index (χ0n) is 13.8. The normalized spacial score (nSPS) is 27.9. The van der Waals surface area contributed by atoms with Gasteiger partial charge >= 0.3 is 0 Å². The predicted octanol–water partition coefficient (Wildman–Crippen LogP) is 1.67. The number of aromatic nitrogens is 3. The molecule has 23 heavy (non-hydrogen) atoms. The number of fused-ring (bicyclic) bond motifs is 3. The largest absolute Gasteiger partial charge is 0.286 e. The topological polar surface area (TPSA) is 94.0 Å². The lowest BCUT2D eigenvalue weighted by Crippen LogP contribution is -2.47. The maximum atomic E-state index is 12.6. The quantitative estimate of drug-likeness (QED) is 0.903. The average Bonchev–Trinajstić information content (AvgIpc) is 2.98. The minimum atomic E-state index is -3.66. The number of hydrogen-bond donors (Lipinski definition) is 1. The van der Waals surface area contributed by atoms with E-state index in [0.717, 1.165) is 25.7 Å². The second-order valence-electron chi connectivity index (χ2n) is 7.75. The Kier molecular flexibility index (Phi) is 3.98. The molecule has 7 nitrogen and oxygen atoms in total. The van der Waals surface area contributed by atoms with Crippen molar-refractivity contribution in [3.05, 3.63) is 11.9 Å². The summed E-state index contributed by atoms with van der Waals surface area (Å²) in [5.74, 6) is -0.0315. The standard InChI is InChI=1S/C15H24N4O3S/c1-15(2,3)19-9-12(16-18-19)14(20)17-23(21,22)13-8-10-4-6-11(13)7-5-10/h9-11,13H,4-8H2,1-3H3,(H,17,20). The van der Waals surface area contributed by atoms with Gasteiger partial charge in [0, 0.05) is 0 Å². The van der Waals surface area contributed by atoms with Crippen LogP contribution in [0.5, 0.6) is 0 Å². The van der Waals surface area contributed by atoms with Gasteiger partial charge in [0.1, 0.15) is 0 Å². The van der Waals surface area contributed by atoms with Gasteiger partial charge in [0.15, 0.2) is 5.69 Å². The molecular formula is C15H24N4O3S. The molecule has 4 rings (SSSR count). The maximum absolute atomic E-state index is 12.6. The van der Waals surface area contributed by atoms with E-state index >= 15 is 0 Å². The molecule has 0 aliphatic heterocycles. The molecule has 1 aromatic heterocycles. The van der Waals surface area contributed by atoms with Crippen LogP contribution in [0, 0.1) is 11.8 Å². The molecule has 0 saturated heterocycles. The van der Waals surface area contributed by atoms with Crippen LogP contribution >= 0.6 is 0 Å². The Hall–Kier alpha value is -1.44. The van der Waals surface area contributed by atoms with Gasteiger partial charge in [-0.1, -0.05) is 18.1 Å². The lowest BCUT2D eigenvalue weighted by atomic mass is 9.70. The SMILES string of the molecule is CC(C)(C)n1cc(C(=O)NS(=O)(=O)C2CC3CCC2CC3)nn1. The second-order valence-corrected chi connectivity index (χ2v) is 9.65. The highest BCUT2D eigenvalue weighted by molar-refractivity contribution is 7.90. The molecule has 3 fully saturated rings. The predicted molar refractivity (Wildman–Crippen MR) is 85.3 cm³/mol. The number of carbonyl (C=O) groups excluding carboxylic acids is 1. The van der Waals surface area contributed by atoms with Gasteiger partial charge in [-0.3, -0.25) is 4.79 Å². The Bertz CT molecular complexity index is 697. The third kappa shape index (κ3) is 3.27. The molecule has 1 amide bonds. The fourth-order valence-electron chi connectivity index (χ4n) is 3.65. The fraction of sp³-hybridized carbons (Fsp3) is 0.800. The lowest BCUT2D eigenvalue weighted by molar-refractivity contribution is 0.0974. The molecule has 1 heterocycles. The molecule has 1 aromatic rings. The van der Waals surface area contributed by atoms with E-state index in [4.69, 9.17) is 0 Å². The van der Waals surface area contributed by atoms with Crippen LogP contribution in [0.3, 0.4) is 0 Å². The van der Waals surface area contributed by atoms with Gasteiger partial charge in [-0.2, -0.15) is 0 Å². The summed E-state index contributed by atoms with van der Waals surface area (Å²) < 4.78 is 28.9. The van der Waals surface area contributed by atoms with E-state index in [2.05, 4.69) is 15.0 Å². The van der Waals surface area contributed by atoms with Crippen LogP contribution in [-0.4, -0.2) is 34.6 Å². The Morgan fingerprint density at radius 3 is 2.39 bits per heavy atom. The zero-order chi connectivity index (χ0) is 16.8. The zero-order valence-corrected chi connectivity index (χ0v) is 14.6. The molecule has 1 unspecified atom stereocenters. The number of rotatable bonds is 3. The number of amides is 1. The van der Waals surface area contributed by atoms with Crippen molar-refractivity contribution in [3.8, 4) is 0 Å². The minimum Gasteiger partial charge on any atom is -0.266 e. The first-order valence-electron chi connectivity index (χ1n) is 8.15. The molecule has 0 aromatic carbocycles. The monoisotopic (exact) mass is 340 g/mol. The number of sulfonamides is 1. The van der Waals surface area contributed by atoms with E-state index in [-0.39, 0.29) is 17.2 Å². The Labute approximate surface area is 136 Å². The summed E-state index contributed by atoms with van der Waals surface area (Å²) >= 11 is 0. The van der Waals surface area contributed by atoms with E-state index in [0.29, 0.717) is 12.3 Å². The third-order valence-electron chi connectivity index (χ3n) is 5.03. The summed E-state index contributed by atoms with van der Waals surface area (Å²) in [4.78, 5) is 12.2. The third-order valence-corrected chi connectivity index (χ3v) is 6.87. The Balaban J connectivity index is 1.73. The molecule has 3 saturated carbocycles. The first-order valence-corrected chi connectivity index (χ1v) is 9.70. The van der Waals surface area contributed by atoms with E-state index in [9.17, 15) is 13.2 Å². The van der Waals surface area contributed by atoms with Crippen molar-refractivity contribution in [1.29, 1.82) is 0 Å². The van der Waals surface area contributed by atoms with Gasteiger partial charge in [0.05, 0.1) is 17.0 Å². The van der Waals surface area contributed by atoms with Crippen molar-refractivity contribution >= 4 is 15.9 Å². The molecule has 3 aliphatic carbocycles. The molecule has 3 aliphatic rings. The second kappa shape index (κ2) is 5.58. The van der Waals surface area contributed by atoms with E-state index in [1.807, 2.05) is 20.8 Å². The number of nitrogens with one attached hydrogen (secondary N) is 1. The van der Waals surface area contributed by atoms with E-state index in [1.54, 1.807) is 4.68 Å². The van der Waals surface area contributed by atoms with Gasteiger partial charge in [-0.05, 0) is 51.9 Å². The summed E-state index contributed by atoms with van der Waals surface area (Å²) in [5, 5.41) is 7.25. The van der Waals surface area contributed by atoms with E-state index < -0.39 is 21.2 Å². The maximum Gasteiger partial charge on any atom is 0.286 e. The smallest absolute Gasteiger partial charge is 0.266 e. The highest BCUT2D eigenvalue weighted by Gasteiger charge is 2.43. The Morgan fingerprint density at radius 2 is 1.91 bits per heavy atom. The molecule has 0 radical (unpaired) electrons. The van der Waals surface area contributed by atoms with Crippen LogP contribution in [-0.2, 0) is 15.6 Å². The average molecular weight is 340 g/mol. The van der Waals surface area contributed by atoms with Gasteiger partial charge in [-0.25, -0.2) is 17.8 Å². The highest BCUT2D eigenvalue weighted by Crippen LogP contribution is 2.43. The van der Waals surface area contributed by atoms with Gasteiger partial charge in [-0.15, -0.1) is 5.10 Å². The molecular weight excluding hydrogens is 316 g/mol. The van der Waals surface area contributed by atoms with Crippen molar-refractivity contribution in [2.75, 3.05) is 0 Å². The first kappa shape index (κ1) is 16.4. The van der Waals surface area contributed by atoms with Crippen molar-refractivity contribution in [3.63, 3.8) is 0 Å². The molecule has 2 bridgehead atoms. The number of carbonyl (C=O) groups is 1. The number of nitrogens with zero attached hydrogens (tertiary/aromatic N) is 3. The van der Waals surface area contributed by atoms with Gasteiger partial charge in [0.25, 0.3) is 5.91 Å². The van der Waals surface area contributed by atoms with Crippen LogP contribution in [0.15, 0.2) is 6.20 Å². The molecule has 128 valence electrons. The Morgan fingerprint density at radius 1 is 1.26 bits per heavy atom. The van der Waals surface area contributed by atoms with Crippen LogP contribution < -0.4 is 4.72 Å². The summed E-state index contributed by atoms with van der Waals surface area (Å²) in [5.41, 5.74) is -0.281. The molecule has 0 spiro atoms. The summed E-state index contributed by atoms with van der Waals surface area (Å²) in [6, 6.07) is 0. The molecule has 1 atom stereocenters. The van der Waals surface area contributed by atoms with Crippen molar-refractivity contribution in [2.24, 2.45) is 11.8 Å².